The van der Waals surface area contributed by atoms with Crippen LogP contribution in [0.1, 0.15) is 17.3 Å². The van der Waals surface area contributed by atoms with Gasteiger partial charge in [-0.15, -0.1) is 0 Å². The Morgan fingerprint density at radius 1 is 0.935 bits per heavy atom. The number of hydrogen-bond acceptors (Lipinski definition) is 7. The van der Waals surface area contributed by atoms with E-state index in [0.717, 1.165) is 71.6 Å². The first kappa shape index (κ1) is 20.2. The Morgan fingerprint density at radius 3 is 2.55 bits per heavy atom. The molecule has 0 atom stereocenters. The van der Waals surface area contributed by atoms with Gasteiger partial charge in [-0.05, 0) is 25.1 Å². The van der Waals surface area contributed by atoms with Crippen molar-refractivity contribution >= 4 is 22.7 Å². The minimum Gasteiger partial charge on any atom is -0.441 e. The lowest BCUT2D eigenvalue weighted by Crippen LogP contribution is -2.36. The third-order valence-corrected chi connectivity index (χ3v) is 6.34. The van der Waals surface area contributed by atoms with E-state index in [0.29, 0.717) is 11.6 Å². The molecule has 0 bridgehead atoms. The zero-order valence-corrected chi connectivity index (χ0v) is 18.3. The summed E-state index contributed by atoms with van der Waals surface area (Å²) in [5, 5.41) is 2.06. The molecule has 6 nitrogen and oxygen atoms in total. The van der Waals surface area contributed by atoms with Gasteiger partial charge in [0.1, 0.15) is 16.6 Å². The Bertz CT molecular complexity index is 1170. The van der Waals surface area contributed by atoms with Gasteiger partial charge in [-0.3, -0.25) is 4.90 Å². The lowest BCUT2D eigenvalue weighted by Gasteiger charge is -2.25. The summed E-state index contributed by atoms with van der Waals surface area (Å²) < 4.78 is 11.4. The summed E-state index contributed by atoms with van der Waals surface area (Å²) in [6, 6.07) is 18.2. The average molecular weight is 433 g/mol. The zero-order valence-electron chi connectivity index (χ0n) is 17.5. The van der Waals surface area contributed by atoms with Gasteiger partial charge in [0.25, 0.3) is 0 Å². The lowest BCUT2D eigenvalue weighted by molar-refractivity contribution is 0.0330. The molecule has 3 heterocycles. The van der Waals surface area contributed by atoms with Gasteiger partial charge in [0.15, 0.2) is 0 Å². The van der Waals surface area contributed by atoms with Crippen LogP contribution in [0.4, 0.5) is 0 Å². The first-order chi connectivity index (χ1) is 15.3. The van der Waals surface area contributed by atoms with Crippen molar-refractivity contribution < 1.29 is 9.15 Å². The van der Waals surface area contributed by atoms with Gasteiger partial charge < -0.3 is 9.15 Å². The summed E-state index contributed by atoms with van der Waals surface area (Å²) in [7, 11) is 0. The molecule has 1 saturated heterocycles. The van der Waals surface area contributed by atoms with Gasteiger partial charge in [-0.1, -0.05) is 48.2 Å². The van der Waals surface area contributed by atoms with Crippen molar-refractivity contribution in [1.29, 1.82) is 0 Å². The molecule has 0 amide bonds. The number of ether oxygens (including phenoxy) is 1. The molecule has 2 aromatic heterocycles. The van der Waals surface area contributed by atoms with Crippen LogP contribution in [-0.4, -0.2) is 46.2 Å². The molecular formula is C24H24N4O2S. The molecule has 7 heteroatoms. The van der Waals surface area contributed by atoms with Crippen LogP contribution in [0.5, 0.6) is 0 Å². The van der Waals surface area contributed by atoms with Gasteiger partial charge in [0.05, 0.1) is 31.0 Å². The summed E-state index contributed by atoms with van der Waals surface area (Å²) in [5.41, 5.74) is 2.91. The highest BCUT2D eigenvalue weighted by atomic mass is 32.2. The molecule has 158 valence electrons. The summed E-state index contributed by atoms with van der Waals surface area (Å²) in [6.45, 7) is 6.08. The van der Waals surface area contributed by atoms with Crippen molar-refractivity contribution in [2.75, 3.05) is 26.3 Å². The number of aromatic nitrogens is 3. The van der Waals surface area contributed by atoms with Gasteiger partial charge in [0.2, 0.25) is 5.89 Å². The SMILES string of the molecule is Cc1oc(-c2ccccc2)nc1CSc1nc(CN2CCOCC2)nc2ccccc12. The summed E-state index contributed by atoms with van der Waals surface area (Å²) in [4.78, 5) is 16.8. The maximum atomic E-state index is 5.93. The third kappa shape index (κ3) is 4.63. The van der Waals surface area contributed by atoms with Crippen LogP contribution in [-0.2, 0) is 17.0 Å². The van der Waals surface area contributed by atoms with Crippen LogP contribution in [0.3, 0.4) is 0 Å². The first-order valence-electron chi connectivity index (χ1n) is 10.5. The Morgan fingerprint density at radius 2 is 1.71 bits per heavy atom. The highest BCUT2D eigenvalue weighted by Gasteiger charge is 2.16. The molecule has 0 aliphatic carbocycles. The van der Waals surface area contributed by atoms with E-state index in [2.05, 4.69) is 17.0 Å². The second kappa shape index (κ2) is 9.18. The molecule has 0 spiro atoms. The number of morpholine rings is 1. The predicted molar refractivity (Wildman–Crippen MR) is 122 cm³/mol. The number of hydrogen-bond donors (Lipinski definition) is 0. The number of aryl methyl sites for hydroxylation is 1. The topological polar surface area (TPSA) is 64.3 Å². The first-order valence-corrected chi connectivity index (χ1v) is 11.4. The maximum Gasteiger partial charge on any atom is 0.226 e. The lowest BCUT2D eigenvalue weighted by atomic mass is 10.2. The minimum atomic E-state index is 0.661. The molecule has 4 aromatic rings. The van der Waals surface area contributed by atoms with Crippen LogP contribution in [0.25, 0.3) is 22.4 Å². The largest absolute Gasteiger partial charge is 0.441 e. The molecule has 2 aromatic carbocycles. The van der Waals surface area contributed by atoms with Gasteiger partial charge >= 0.3 is 0 Å². The number of nitrogens with zero attached hydrogens (tertiary/aromatic N) is 4. The van der Waals surface area contributed by atoms with E-state index in [1.54, 1.807) is 11.8 Å². The molecular weight excluding hydrogens is 408 g/mol. The van der Waals surface area contributed by atoms with Gasteiger partial charge in [0, 0.05) is 29.8 Å². The monoisotopic (exact) mass is 432 g/mol. The van der Waals surface area contributed by atoms with Crippen molar-refractivity contribution in [1.82, 2.24) is 19.9 Å². The van der Waals surface area contributed by atoms with Crippen LogP contribution < -0.4 is 0 Å². The average Bonchev–Trinajstić information content (AvgIpc) is 3.19. The van der Waals surface area contributed by atoms with Gasteiger partial charge in [-0.2, -0.15) is 0 Å². The van der Waals surface area contributed by atoms with E-state index in [1.807, 2.05) is 49.4 Å². The van der Waals surface area contributed by atoms with E-state index < -0.39 is 0 Å². The standard InChI is InChI=1S/C24H24N4O2S/c1-17-21(26-23(30-17)18-7-3-2-4-8-18)16-31-24-19-9-5-6-10-20(19)25-22(27-24)15-28-11-13-29-14-12-28/h2-10H,11-16H2,1H3. The summed E-state index contributed by atoms with van der Waals surface area (Å²) >= 11 is 1.69. The van der Waals surface area contributed by atoms with Crippen LogP contribution in [0.2, 0.25) is 0 Å². The molecule has 0 N–H and O–H groups in total. The van der Waals surface area contributed by atoms with Crippen molar-refractivity contribution in [3.63, 3.8) is 0 Å². The van der Waals surface area contributed by atoms with Crippen LogP contribution in [0.15, 0.2) is 64.0 Å². The quantitative estimate of drug-likeness (QED) is 0.323. The molecule has 1 aliphatic rings. The Labute approximate surface area is 185 Å². The number of oxazole rings is 1. The Balaban J connectivity index is 1.39. The minimum absolute atomic E-state index is 0.661. The molecule has 31 heavy (non-hydrogen) atoms. The van der Waals surface area contributed by atoms with E-state index in [-0.39, 0.29) is 0 Å². The highest BCUT2D eigenvalue weighted by molar-refractivity contribution is 7.98. The fourth-order valence-corrected chi connectivity index (χ4v) is 4.68. The molecule has 0 saturated carbocycles. The molecule has 1 aliphatic heterocycles. The summed E-state index contributed by atoms with van der Waals surface area (Å²) in [5.74, 6) is 3.05. The van der Waals surface area contributed by atoms with E-state index in [1.165, 1.54) is 0 Å². The zero-order chi connectivity index (χ0) is 21.0. The number of fused-ring (bicyclic) bond motifs is 1. The maximum absolute atomic E-state index is 5.93. The number of benzene rings is 2. The number of thioether (sulfide) groups is 1. The van der Waals surface area contributed by atoms with E-state index in [4.69, 9.17) is 24.1 Å². The van der Waals surface area contributed by atoms with Crippen LogP contribution in [0, 0.1) is 6.92 Å². The molecule has 0 radical (unpaired) electrons. The van der Waals surface area contributed by atoms with Crippen LogP contribution >= 0.6 is 11.8 Å². The van der Waals surface area contributed by atoms with Crippen molar-refractivity contribution in [3.05, 3.63) is 71.9 Å². The van der Waals surface area contributed by atoms with E-state index >= 15 is 0 Å². The van der Waals surface area contributed by atoms with Crippen molar-refractivity contribution in [2.24, 2.45) is 0 Å². The number of rotatable bonds is 6. The summed E-state index contributed by atoms with van der Waals surface area (Å²) in [6.07, 6.45) is 0. The second-order valence-corrected chi connectivity index (χ2v) is 8.49. The second-order valence-electron chi connectivity index (χ2n) is 7.53. The smallest absolute Gasteiger partial charge is 0.226 e. The third-order valence-electron chi connectivity index (χ3n) is 5.34. The Hall–Kier alpha value is -2.74. The normalized spacial score (nSPS) is 14.9. The fourth-order valence-electron chi connectivity index (χ4n) is 3.64. The van der Waals surface area contributed by atoms with Crippen molar-refractivity contribution in [3.8, 4) is 11.5 Å². The molecule has 1 fully saturated rings. The molecule has 5 rings (SSSR count). The number of para-hydroxylation sites is 1. The highest BCUT2D eigenvalue weighted by Crippen LogP contribution is 2.30. The van der Waals surface area contributed by atoms with E-state index in [9.17, 15) is 0 Å². The predicted octanol–water partition coefficient (Wildman–Crippen LogP) is 4.72. The Kier molecular flexibility index (Phi) is 5.97. The van der Waals surface area contributed by atoms with Crippen molar-refractivity contribution in [2.45, 2.75) is 24.2 Å². The fraction of sp³-hybridized carbons (Fsp3) is 0.292. The molecule has 0 unspecified atom stereocenters. The van der Waals surface area contributed by atoms with Gasteiger partial charge in [-0.25, -0.2) is 15.0 Å².